The molecule has 0 aliphatic heterocycles. The number of nitriles is 1. The summed E-state index contributed by atoms with van der Waals surface area (Å²) in [6.07, 6.45) is 1.40. The number of halogens is 2. The molecule has 2 rings (SSSR count). The predicted octanol–water partition coefficient (Wildman–Crippen LogP) is 4.57. The van der Waals surface area contributed by atoms with E-state index in [0.29, 0.717) is 34.2 Å². The van der Waals surface area contributed by atoms with Crippen LogP contribution < -0.4 is 4.74 Å². The van der Waals surface area contributed by atoms with Crippen molar-refractivity contribution < 1.29 is 4.74 Å². The van der Waals surface area contributed by atoms with Crippen molar-refractivity contribution in [3.05, 3.63) is 45.1 Å². The van der Waals surface area contributed by atoms with Gasteiger partial charge in [-0.2, -0.15) is 10.4 Å². The minimum atomic E-state index is 0.163. The van der Waals surface area contributed by atoms with Gasteiger partial charge >= 0.3 is 0 Å². The standard InChI is InChI=1S/C15H13Cl2N3O/c1-3-10-11(8-18)15(20-19-13(10)4-2)21-14-6-5-9(16)7-12(14)17/h5-7H,3-4H2,1-2H3. The molecule has 0 atom stereocenters. The Hall–Kier alpha value is -1.83. The first kappa shape index (κ1) is 15.6. The molecular weight excluding hydrogens is 309 g/mol. The van der Waals surface area contributed by atoms with E-state index < -0.39 is 0 Å². The van der Waals surface area contributed by atoms with E-state index in [1.807, 2.05) is 13.8 Å². The molecule has 0 amide bonds. The van der Waals surface area contributed by atoms with Gasteiger partial charge in [0.25, 0.3) is 5.88 Å². The fraction of sp³-hybridized carbons (Fsp3) is 0.267. The molecule has 0 spiro atoms. The molecule has 0 saturated carbocycles. The van der Waals surface area contributed by atoms with Crippen molar-refractivity contribution in [3.63, 3.8) is 0 Å². The van der Waals surface area contributed by atoms with Crippen molar-refractivity contribution in [2.24, 2.45) is 0 Å². The smallest absolute Gasteiger partial charge is 0.257 e. The third-order valence-electron chi connectivity index (χ3n) is 3.03. The molecule has 6 heteroatoms. The summed E-state index contributed by atoms with van der Waals surface area (Å²) < 4.78 is 5.64. The van der Waals surface area contributed by atoms with Crippen LogP contribution in [0.3, 0.4) is 0 Å². The lowest BCUT2D eigenvalue weighted by Crippen LogP contribution is -2.05. The molecule has 0 saturated heterocycles. The highest BCUT2D eigenvalue weighted by Crippen LogP contribution is 2.33. The number of aromatic nitrogens is 2. The second-order valence-electron chi connectivity index (χ2n) is 4.30. The molecule has 0 N–H and O–H groups in total. The Bertz CT molecular complexity index is 711. The van der Waals surface area contributed by atoms with Gasteiger partial charge in [0.1, 0.15) is 17.4 Å². The maximum absolute atomic E-state index is 9.39. The fourth-order valence-corrected chi connectivity index (χ4v) is 2.45. The molecule has 1 aromatic carbocycles. The molecular formula is C15H13Cl2N3O. The molecule has 0 fully saturated rings. The monoisotopic (exact) mass is 321 g/mol. The maximum atomic E-state index is 9.39. The van der Waals surface area contributed by atoms with Gasteiger partial charge in [0, 0.05) is 5.02 Å². The summed E-state index contributed by atoms with van der Waals surface area (Å²) >= 11 is 11.9. The van der Waals surface area contributed by atoms with Crippen LogP contribution in [0.1, 0.15) is 30.7 Å². The second kappa shape index (κ2) is 6.75. The lowest BCUT2D eigenvalue weighted by Gasteiger charge is -2.12. The summed E-state index contributed by atoms with van der Waals surface area (Å²) in [6, 6.07) is 7.00. The molecule has 1 aromatic heterocycles. The number of aryl methyl sites for hydroxylation is 1. The van der Waals surface area contributed by atoms with Crippen molar-refractivity contribution in [3.8, 4) is 17.7 Å². The summed E-state index contributed by atoms with van der Waals surface area (Å²) in [5, 5.41) is 18.4. The fourth-order valence-electron chi connectivity index (χ4n) is 2.00. The summed E-state index contributed by atoms with van der Waals surface area (Å²) in [4.78, 5) is 0. The summed E-state index contributed by atoms with van der Waals surface area (Å²) in [5.74, 6) is 0.550. The second-order valence-corrected chi connectivity index (χ2v) is 5.14. The minimum Gasteiger partial charge on any atom is -0.435 e. The molecule has 21 heavy (non-hydrogen) atoms. The lowest BCUT2D eigenvalue weighted by molar-refractivity contribution is 0.451. The third kappa shape index (κ3) is 3.26. The van der Waals surface area contributed by atoms with Crippen molar-refractivity contribution in [2.45, 2.75) is 26.7 Å². The summed E-state index contributed by atoms with van der Waals surface area (Å²) in [6.45, 7) is 3.94. The van der Waals surface area contributed by atoms with Crippen molar-refractivity contribution in [1.82, 2.24) is 10.2 Å². The van der Waals surface area contributed by atoms with Gasteiger partial charge in [-0.3, -0.25) is 0 Å². The molecule has 0 aliphatic rings. The highest BCUT2D eigenvalue weighted by atomic mass is 35.5. The van der Waals surface area contributed by atoms with Crippen molar-refractivity contribution >= 4 is 23.2 Å². The Balaban J connectivity index is 2.47. The maximum Gasteiger partial charge on any atom is 0.257 e. The highest BCUT2D eigenvalue weighted by Gasteiger charge is 2.17. The number of hydrogen-bond donors (Lipinski definition) is 0. The molecule has 0 unspecified atom stereocenters. The summed E-state index contributed by atoms with van der Waals surface area (Å²) in [7, 11) is 0. The zero-order valence-electron chi connectivity index (χ0n) is 11.7. The van der Waals surface area contributed by atoms with E-state index in [4.69, 9.17) is 27.9 Å². The van der Waals surface area contributed by atoms with Crippen LogP contribution in [0.25, 0.3) is 0 Å². The SMILES string of the molecule is CCc1nnc(Oc2ccc(Cl)cc2Cl)c(C#N)c1CC. The van der Waals surface area contributed by atoms with Crippen molar-refractivity contribution in [2.75, 3.05) is 0 Å². The minimum absolute atomic E-state index is 0.163. The van der Waals surface area contributed by atoms with E-state index in [2.05, 4.69) is 16.3 Å². The van der Waals surface area contributed by atoms with Crippen LogP contribution >= 0.6 is 23.2 Å². The molecule has 2 aromatic rings. The number of benzene rings is 1. The van der Waals surface area contributed by atoms with Crippen LogP contribution in [0.2, 0.25) is 10.0 Å². The van der Waals surface area contributed by atoms with E-state index in [0.717, 1.165) is 11.3 Å². The largest absolute Gasteiger partial charge is 0.435 e. The van der Waals surface area contributed by atoms with Crippen LogP contribution in [0.4, 0.5) is 0 Å². The quantitative estimate of drug-likeness (QED) is 0.827. The van der Waals surface area contributed by atoms with Crippen LogP contribution in [0.15, 0.2) is 18.2 Å². The zero-order valence-corrected chi connectivity index (χ0v) is 13.2. The third-order valence-corrected chi connectivity index (χ3v) is 3.56. The van der Waals surface area contributed by atoms with Crippen LogP contribution in [0, 0.1) is 11.3 Å². The van der Waals surface area contributed by atoms with Gasteiger partial charge in [-0.1, -0.05) is 37.0 Å². The first-order valence-corrected chi connectivity index (χ1v) is 7.27. The Morgan fingerprint density at radius 2 is 1.95 bits per heavy atom. The molecule has 1 heterocycles. The highest BCUT2D eigenvalue weighted by molar-refractivity contribution is 6.35. The van der Waals surface area contributed by atoms with Gasteiger partial charge < -0.3 is 4.74 Å². The van der Waals surface area contributed by atoms with Gasteiger partial charge in [0.2, 0.25) is 0 Å². The normalized spacial score (nSPS) is 10.2. The zero-order chi connectivity index (χ0) is 15.4. The molecule has 108 valence electrons. The van der Waals surface area contributed by atoms with Gasteiger partial charge in [0.05, 0.1) is 10.7 Å². The molecule has 0 bridgehead atoms. The number of nitrogens with zero attached hydrogens (tertiary/aromatic N) is 3. The van der Waals surface area contributed by atoms with E-state index in [1.165, 1.54) is 0 Å². The van der Waals surface area contributed by atoms with E-state index in [-0.39, 0.29) is 5.88 Å². The Kier molecular flexibility index (Phi) is 5.00. The molecule has 0 radical (unpaired) electrons. The van der Waals surface area contributed by atoms with E-state index >= 15 is 0 Å². The van der Waals surface area contributed by atoms with Crippen molar-refractivity contribution in [1.29, 1.82) is 5.26 Å². The number of ether oxygens (including phenoxy) is 1. The topological polar surface area (TPSA) is 58.8 Å². The molecule has 0 aliphatic carbocycles. The first-order chi connectivity index (χ1) is 10.1. The lowest BCUT2D eigenvalue weighted by atomic mass is 10.0. The van der Waals surface area contributed by atoms with Gasteiger partial charge in [0.15, 0.2) is 0 Å². The number of rotatable bonds is 4. The van der Waals surface area contributed by atoms with Crippen LogP contribution in [0.5, 0.6) is 11.6 Å². The average molecular weight is 322 g/mol. The Labute approximate surface area is 133 Å². The van der Waals surface area contributed by atoms with Gasteiger partial charge in [-0.25, -0.2) is 0 Å². The van der Waals surface area contributed by atoms with E-state index in [1.54, 1.807) is 18.2 Å². The van der Waals surface area contributed by atoms with E-state index in [9.17, 15) is 5.26 Å². The predicted molar refractivity (Wildman–Crippen MR) is 82.0 cm³/mol. The Morgan fingerprint density at radius 1 is 1.19 bits per heavy atom. The number of hydrogen-bond acceptors (Lipinski definition) is 4. The first-order valence-electron chi connectivity index (χ1n) is 6.52. The average Bonchev–Trinajstić information content (AvgIpc) is 2.49. The molecule has 4 nitrogen and oxygen atoms in total. The Morgan fingerprint density at radius 3 is 2.52 bits per heavy atom. The van der Waals surface area contributed by atoms with Crippen LogP contribution in [-0.2, 0) is 12.8 Å². The van der Waals surface area contributed by atoms with Crippen LogP contribution in [-0.4, -0.2) is 10.2 Å². The summed E-state index contributed by atoms with van der Waals surface area (Å²) in [5.41, 5.74) is 2.06. The van der Waals surface area contributed by atoms with Gasteiger partial charge in [-0.15, -0.1) is 5.10 Å². The van der Waals surface area contributed by atoms with Gasteiger partial charge in [-0.05, 0) is 36.6 Å².